The van der Waals surface area contributed by atoms with Crippen LogP contribution < -0.4 is 5.73 Å². The first-order valence-corrected chi connectivity index (χ1v) is 3.42. The highest BCUT2D eigenvalue weighted by molar-refractivity contribution is 5.01. The van der Waals surface area contributed by atoms with Crippen LogP contribution in [-0.4, -0.2) is 15.8 Å². The van der Waals surface area contributed by atoms with Gasteiger partial charge in [-0.2, -0.15) is 5.10 Å². The zero-order valence-electron chi connectivity index (χ0n) is 6.41. The van der Waals surface area contributed by atoms with Crippen LogP contribution in [-0.2, 0) is 13.5 Å². The van der Waals surface area contributed by atoms with Gasteiger partial charge in [0.1, 0.15) is 0 Å². The summed E-state index contributed by atoms with van der Waals surface area (Å²) in [6.07, 6.45) is 2.69. The molecule has 0 amide bonds. The largest absolute Gasteiger partial charge is 0.328 e. The first kappa shape index (κ1) is 7.28. The lowest BCUT2D eigenvalue weighted by atomic mass is 10.2. The van der Waals surface area contributed by atoms with Crippen LogP contribution in [0.2, 0.25) is 0 Å². The van der Waals surface area contributed by atoms with Crippen molar-refractivity contribution in [3.8, 4) is 0 Å². The Labute approximate surface area is 60.8 Å². The molecule has 0 saturated heterocycles. The van der Waals surface area contributed by atoms with Crippen molar-refractivity contribution < 1.29 is 0 Å². The SMILES string of the molecule is C[C@H](N)Cc1ccnn1C. The van der Waals surface area contributed by atoms with E-state index in [0.29, 0.717) is 0 Å². The molecule has 0 unspecified atom stereocenters. The highest BCUT2D eigenvalue weighted by Crippen LogP contribution is 1.98. The van der Waals surface area contributed by atoms with E-state index in [1.807, 2.05) is 24.7 Å². The lowest BCUT2D eigenvalue weighted by Gasteiger charge is -2.03. The second kappa shape index (κ2) is 2.84. The van der Waals surface area contributed by atoms with Gasteiger partial charge in [0.2, 0.25) is 0 Å². The van der Waals surface area contributed by atoms with E-state index in [-0.39, 0.29) is 6.04 Å². The summed E-state index contributed by atoms with van der Waals surface area (Å²) < 4.78 is 1.85. The lowest BCUT2D eigenvalue weighted by molar-refractivity contribution is 0.650. The van der Waals surface area contributed by atoms with Crippen molar-refractivity contribution in [2.45, 2.75) is 19.4 Å². The van der Waals surface area contributed by atoms with Crippen molar-refractivity contribution in [2.75, 3.05) is 0 Å². The minimum atomic E-state index is 0.218. The van der Waals surface area contributed by atoms with Crippen LogP contribution in [0, 0.1) is 0 Å². The van der Waals surface area contributed by atoms with E-state index in [2.05, 4.69) is 5.10 Å². The third kappa shape index (κ3) is 1.57. The van der Waals surface area contributed by atoms with Gasteiger partial charge in [-0.05, 0) is 13.0 Å². The highest BCUT2D eigenvalue weighted by atomic mass is 15.3. The average molecular weight is 139 g/mol. The summed E-state index contributed by atoms with van der Waals surface area (Å²) in [7, 11) is 1.93. The van der Waals surface area contributed by atoms with E-state index in [4.69, 9.17) is 5.73 Å². The van der Waals surface area contributed by atoms with E-state index in [1.165, 1.54) is 5.69 Å². The van der Waals surface area contributed by atoms with Gasteiger partial charge in [0.15, 0.2) is 0 Å². The van der Waals surface area contributed by atoms with Crippen LogP contribution in [0.4, 0.5) is 0 Å². The minimum absolute atomic E-state index is 0.218. The molecule has 0 bridgehead atoms. The van der Waals surface area contributed by atoms with E-state index < -0.39 is 0 Å². The molecule has 56 valence electrons. The molecule has 0 aromatic carbocycles. The highest BCUT2D eigenvalue weighted by Gasteiger charge is 2.00. The van der Waals surface area contributed by atoms with Gasteiger partial charge in [0.05, 0.1) is 0 Å². The first-order valence-electron chi connectivity index (χ1n) is 3.42. The zero-order valence-corrected chi connectivity index (χ0v) is 6.41. The van der Waals surface area contributed by atoms with Crippen LogP contribution in [0.3, 0.4) is 0 Å². The van der Waals surface area contributed by atoms with E-state index >= 15 is 0 Å². The maximum atomic E-state index is 5.61. The number of nitrogens with two attached hydrogens (primary N) is 1. The summed E-state index contributed by atoms with van der Waals surface area (Å²) >= 11 is 0. The molecule has 0 aliphatic carbocycles. The predicted molar refractivity (Wildman–Crippen MR) is 40.6 cm³/mol. The average Bonchev–Trinajstić information content (AvgIpc) is 2.15. The van der Waals surface area contributed by atoms with Crippen molar-refractivity contribution >= 4 is 0 Å². The summed E-state index contributed by atoms with van der Waals surface area (Å²) in [5, 5.41) is 4.03. The minimum Gasteiger partial charge on any atom is -0.328 e. The maximum absolute atomic E-state index is 5.61. The topological polar surface area (TPSA) is 43.8 Å². The molecular weight excluding hydrogens is 126 g/mol. The molecule has 0 fully saturated rings. The normalized spacial score (nSPS) is 13.5. The molecule has 0 radical (unpaired) electrons. The van der Waals surface area contributed by atoms with Crippen molar-refractivity contribution in [3.63, 3.8) is 0 Å². The molecule has 0 spiro atoms. The van der Waals surface area contributed by atoms with Gasteiger partial charge in [-0.25, -0.2) is 0 Å². The van der Waals surface area contributed by atoms with Crippen molar-refractivity contribution in [3.05, 3.63) is 18.0 Å². The van der Waals surface area contributed by atoms with Gasteiger partial charge in [-0.1, -0.05) is 0 Å². The molecule has 3 nitrogen and oxygen atoms in total. The van der Waals surface area contributed by atoms with Crippen molar-refractivity contribution in [1.29, 1.82) is 0 Å². The van der Waals surface area contributed by atoms with Crippen LogP contribution in [0.15, 0.2) is 12.3 Å². The standard InChI is InChI=1S/C7H13N3/c1-6(8)5-7-3-4-9-10(7)2/h3-4,6H,5,8H2,1-2H3/t6-/m0/s1. The Hall–Kier alpha value is -0.830. The third-order valence-electron chi connectivity index (χ3n) is 1.45. The maximum Gasteiger partial charge on any atom is 0.0492 e. The van der Waals surface area contributed by atoms with Gasteiger partial charge in [0, 0.05) is 31.4 Å². The molecule has 0 aliphatic rings. The van der Waals surface area contributed by atoms with Gasteiger partial charge in [-0.15, -0.1) is 0 Å². The number of hydrogen-bond donors (Lipinski definition) is 1. The molecule has 10 heavy (non-hydrogen) atoms. The molecule has 3 heteroatoms. The number of nitrogens with zero attached hydrogens (tertiary/aromatic N) is 2. The molecule has 0 saturated carbocycles. The quantitative estimate of drug-likeness (QED) is 0.640. The smallest absolute Gasteiger partial charge is 0.0492 e. The predicted octanol–water partition coefficient (Wildman–Crippen LogP) is 0.310. The van der Waals surface area contributed by atoms with E-state index in [1.54, 1.807) is 6.20 Å². The fourth-order valence-electron chi connectivity index (χ4n) is 0.931. The number of aromatic nitrogens is 2. The molecule has 1 aromatic rings. The molecular formula is C7H13N3. The molecule has 0 aliphatic heterocycles. The second-order valence-corrected chi connectivity index (χ2v) is 2.63. The summed E-state index contributed by atoms with van der Waals surface area (Å²) in [5.74, 6) is 0. The van der Waals surface area contributed by atoms with Crippen LogP contribution in [0.25, 0.3) is 0 Å². The van der Waals surface area contributed by atoms with Gasteiger partial charge in [0.25, 0.3) is 0 Å². The lowest BCUT2D eigenvalue weighted by Crippen LogP contribution is -2.19. The number of hydrogen-bond acceptors (Lipinski definition) is 2. The summed E-state index contributed by atoms with van der Waals surface area (Å²) in [6.45, 7) is 1.99. The van der Waals surface area contributed by atoms with Crippen LogP contribution in [0.5, 0.6) is 0 Å². The molecule has 2 N–H and O–H groups in total. The molecule has 1 aromatic heterocycles. The summed E-state index contributed by atoms with van der Waals surface area (Å²) in [4.78, 5) is 0. The van der Waals surface area contributed by atoms with Gasteiger partial charge >= 0.3 is 0 Å². The van der Waals surface area contributed by atoms with Crippen molar-refractivity contribution in [2.24, 2.45) is 12.8 Å². The number of aryl methyl sites for hydroxylation is 1. The summed E-state index contributed by atoms with van der Waals surface area (Å²) in [6, 6.07) is 2.21. The number of rotatable bonds is 2. The first-order chi connectivity index (χ1) is 4.70. The van der Waals surface area contributed by atoms with E-state index in [9.17, 15) is 0 Å². The monoisotopic (exact) mass is 139 g/mol. The Morgan fingerprint density at radius 1 is 1.80 bits per heavy atom. The van der Waals surface area contributed by atoms with Crippen LogP contribution in [0.1, 0.15) is 12.6 Å². The van der Waals surface area contributed by atoms with Gasteiger partial charge in [-0.3, -0.25) is 4.68 Å². The fourth-order valence-corrected chi connectivity index (χ4v) is 0.931. The Morgan fingerprint density at radius 3 is 2.90 bits per heavy atom. The second-order valence-electron chi connectivity index (χ2n) is 2.63. The van der Waals surface area contributed by atoms with Crippen molar-refractivity contribution in [1.82, 2.24) is 9.78 Å². The fraction of sp³-hybridized carbons (Fsp3) is 0.571. The third-order valence-corrected chi connectivity index (χ3v) is 1.45. The molecule has 1 heterocycles. The molecule has 1 rings (SSSR count). The molecule has 1 atom stereocenters. The Kier molecular flexibility index (Phi) is 2.06. The Balaban J connectivity index is 2.65. The summed E-state index contributed by atoms with van der Waals surface area (Å²) in [5.41, 5.74) is 6.80. The van der Waals surface area contributed by atoms with E-state index in [0.717, 1.165) is 6.42 Å². The van der Waals surface area contributed by atoms with Gasteiger partial charge < -0.3 is 5.73 Å². The Bertz CT molecular complexity index is 202. The Morgan fingerprint density at radius 2 is 2.50 bits per heavy atom. The van der Waals surface area contributed by atoms with Crippen LogP contribution >= 0.6 is 0 Å². The zero-order chi connectivity index (χ0) is 7.56.